The minimum atomic E-state index is -4.39. The van der Waals surface area contributed by atoms with Gasteiger partial charge < -0.3 is 5.32 Å². The molecule has 1 N–H and O–H groups in total. The Labute approximate surface area is 147 Å². The summed E-state index contributed by atoms with van der Waals surface area (Å²) in [4.78, 5) is 12.4. The average Bonchev–Trinajstić information content (AvgIpc) is 2.52. The van der Waals surface area contributed by atoms with Crippen LogP contribution >= 0.6 is 23.4 Å². The molecule has 0 heterocycles. The van der Waals surface area contributed by atoms with Crippen LogP contribution in [0.25, 0.3) is 0 Å². The minimum Gasteiger partial charge on any atom is -0.349 e. The third kappa shape index (κ3) is 5.46. The first-order chi connectivity index (χ1) is 11.3. The van der Waals surface area contributed by atoms with Gasteiger partial charge in [0.25, 0.3) is 0 Å². The summed E-state index contributed by atoms with van der Waals surface area (Å²) in [5.74, 6) is -0.225. The van der Waals surface area contributed by atoms with Crippen LogP contribution in [0.3, 0.4) is 0 Å². The van der Waals surface area contributed by atoms with Crippen LogP contribution < -0.4 is 5.32 Å². The number of rotatable bonds is 5. The highest BCUT2D eigenvalue weighted by atomic mass is 35.5. The first-order valence-electron chi connectivity index (χ1n) is 7.10. The maximum atomic E-state index is 12.7. The van der Waals surface area contributed by atoms with Gasteiger partial charge in [-0.1, -0.05) is 29.8 Å². The van der Waals surface area contributed by atoms with Gasteiger partial charge >= 0.3 is 6.18 Å². The van der Waals surface area contributed by atoms with E-state index in [4.69, 9.17) is 11.6 Å². The van der Waals surface area contributed by atoms with Gasteiger partial charge in [-0.25, -0.2) is 0 Å². The van der Waals surface area contributed by atoms with Crippen molar-refractivity contribution in [1.29, 1.82) is 0 Å². The molecule has 0 unspecified atom stereocenters. The number of halogens is 4. The second kappa shape index (κ2) is 7.94. The van der Waals surface area contributed by atoms with Crippen molar-refractivity contribution >= 4 is 29.3 Å². The molecule has 2 aromatic carbocycles. The summed E-state index contributed by atoms with van der Waals surface area (Å²) in [7, 11) is 0. The molecule has 0 aliphatic rings. The largest absolute Gasteiger partial charge is 0.416 e. The molecule has 2 nitrogen and oxygen atoms in total. The van der Waals surface area contributed by atoms with Crippen LogP contribution in [-0.2, 0) is 11.0 Å². The molecule has 24 heavy (non-hydrogen) atoms. The van der Waals surface area contributed by atoms with E-state index in [2.05, 4.69) is 5.32 Å². The summed E-state index contributed by atoms with van der Waals surface area (Å²) in [5, 5.41) is 3.37. The summed E-state index contributed by atoms with van der Waals surface area (Å²) in [6.45, 7) is 1.82. The van der Waals surface area contributed by atoms with Crippen molar-refractivity contribution in [2.24, 2.45) is 0 Å². The van der Waals surface area contributed by atoms with Crippen molar-refractivity contribution in [3.8, 4) is 0 Å². The summed E-state index contributed by atoms with van der Waals surface area (Å²) < 4.78 is 38.0. The van der Waals surface area contributed by atoms with Gasteiger partial charge in [-0.3, -0.25) is 4.79 Å². The Hall–Kier alpha value is -1.66. The summed E-state index contributed by atoms with van der Waals surface area (Å²) in [6, 6.07) is 11.8. The SMILES string of the molecule is C[C@@H](NC(=O)CSc1cccc(C(F)(F)F)c1)c1cccc(Cl)c1. The van der Waals surface area contributed by atoms with E-state index in [0.29, 0.717) is 9.92 Å². The molecule has 0 saturated heterocycles. The number of hydrogen-bond acceptors (Lipinski definition) is 2. The van der Waals surface area contributed by atoms with Gasteiger partial charge in [-0.2, -0.15) is 13.2 Å². The van der Waals surface area contributed by atoms with E-state index in [1.165, 1.54) is 6.07 Å². The minimum absolute atomic E-state index is 0.0339. The fourth-order valence-electron chi connectivity index (χ4n) is 2.05. The van der Waals surface area contributed by atoms with Gasteiger partial charge in [-0.15, -0.1) is 11.8 Å². The molecule has 128 valence electrons. The number of amides is 1. The molecule has 2 aromatic rings. The van der Waals surface area contributed by atoms with Crippen molar-refractivity contribution < 1.29 is 18.0 Å². The van der Waals surface area contributed by atoms with Gasteiger partial charge in [0.2, 0.25) is 5.91 Å². The van der Waals surface area contributed by atoms with Gasteiger partial charge in [0.1, 0.15) is 0 Å². The van der Waals surface area contributed by atoms with Gasteiger partial charge in [-0.05, 0) is 42.8 Å². The maximum Gasteiger partial charge on any atom is 0.416 e. The zero-order valence-corrected chi connectivity index (χ0v) is 14.3. The van der Waals surface area contributed by atoms with E-state index in [1.54, 1.807) is 24.3 Å². The number of carbonyl (C=O) groups is 1. The maximum absolute atomic E-state index is 12.7. The van der Waals surface area contributed by atoms with Crippen molar-refractivity contribution in [3.05, 3.63) is 64.7 Å². The molecule has 0 radical (unpaired) electrons. The molecule has 1 atom stereocenters. The highest BCUT2D eigenvalue weighted by Crippen LogP contribution is 2.31. The zero-order valence-electron chi connectivity index (χ0n) is 12.7. The van der Waals surface area contributed by atoms with Crippen molar-refractivity contribution in [2.75, 3.05) is 5.75 Å². The fourth-order valence-corrected chi connectivity index (χ4v) is 3.02. The molecule has 7 heteroatoms. The molecular weight excluding hydrogens is 359 g/mol. The lowest BCUT2D eigenvalue weighted by Crippen LogP contribution is -2.28. The fraction of sp³-hybridized carbons (Fsp3) is 0.235. The Bertz CT molecular complexity index is 721. The second-order valence-corrected chi connectivity index (χ2v) is 6.64. The van der Waals surface area contributed by atoms with Gasteiger partial charge in [0, 0.05) is 9.92 Å². The monoisotopic (exact) mass is 373 g/mol. The number of nitrogens with one attached hydrogen (secondary N) is 1. The smallest absolute Gasteiger partial charge is 0.349 e. The molecule has 2 rings (SSSR count). The molecule has 0 fully saturated rings. The van der Waals surface area contributed by atoms with Crippen LogP contribution in [-0.4, -0.2) is 11.7 Å². The highest BCUT2D eigenvalue weighted by Gasteiger charge is 2.30. The molecular formula is C17H15ClF3NOS. The predicted octanol–water partition coefficient (Wildman–Crippen LogP) is 5.33. The van der Waals surface area contributed by atoms with Crippen molar-refractivity contribution in [2.45, 2.75) is 24.0 Å². The van der Waals surface area contributed by atoms with Crippen molar-refractivity contribution in [1.82, 2.24) is 5.32 Å². The van der Waals surface area contributed by atoms with Crippen LogP contribution in [0.1, 0.15) is 24.1 Å². The normalized spacial score (nSPS) is 12.7. The number of hydrogen-bond donors (Lipinski definition) is 1. The van der Waals surface area contributed by atoms with Crippen molar-refractivity contribution in [3.63, 3.8) is 0 Å². The van der Waals surface area contributed by atoms with Crippen LogP contribution in [0.4, 0.5) is 13.2 Å². The van der Waals surface area contributed by atoms with Crippen LogP contribution in [0.5, 0.6) is 0 Å². The Balaban J connectivity index is 1.91. The average molecular weight is 374 g/mol. The lowest BCUT2D eigenvalue weighted by atomic mass is 10.1. The molecule has 0 aliphatic carbocycles. The lowest BCUT2D eigenvalue weighted by molar-refractivity contribution is -0.137. The molecule has 0 bridgehead atoms. The Morgan fingerprint density at radius 2 is 1.92 bits per heavy atom. The van der Waals surface area contributed by atoms with E-state index in [-0.39, 0.29) is 17.7 Å². The summed E-state index contributed by atoms with van der Waals surface area (Å²) in [6.07, 6.45) is -4.39. The second-order valence-electron chi connectivity index (χ2n) is 5.16. The predicted molar refractivity (Wildman–Crippen MR) is 90.2 cm³/mol. The van der Waals surface area contributed by atoms with Crippen LogP contribution in [0, 0.1) is 0 Å². The van der Waals surface area contributed by atoms with Gasteiger partial charge in [0.05, 0.1) is 17.4 Å². The first-order valence-corrected chi connectivity index (χ1v) is 8.47. The van der Waals surface area contributed by atoms with E-state index in [1.807, 2.05) is 13.0 Å². The topological polar surface area (TPSA) is 29.1 Å². The Morgan fingerprint density at radius 3 is 2.58 bits per heavy atom. The standard InChI is InChI=1S/C17H15ClF3NOS/c1-11(12-4-2-6-14(18)8-12)22-16(23)10-24-15-7-3-5-13(9-15)17(19,20)21/h2-9,11H,10H2,1H3,(H,22,23)/t11-/m1/s1. The lowest BCUT2D eigenvalue weighted by Gasteiger charge is -2.14. The number of alkyl halides is 3. The van der Waals surface area contributed by atoms with E-state index in [9.17, 15) is 18.0 Å². The molecule has 0 aromatic heterocycles. The van der Waals surface area contributed by atoms with Crippen LogP contribution in [0.2, 0.25) is 5.02 Å². The third-order valence-corrected chi connectivity index (χ3v) is 4.49. The van der Waals surface area contributed by atoms with Crippen LogP contribution in [0.15, 0.2) is 53.4 Å². The summed E-state index contributed by atoms with van der Waals surface area (Å²) >= 11 is 6.97. The number of thioether (sulfide) groups is 1. The Morgan fingerprint density at radius 1 is 1.21 bits per heavy atom. The Kier molecular flexibility index (Phi) is 6.18. The van der Waals surface area contributed by atoms with E-state index >= 15 is 0 Å². The number of carbonyl (C=O) groups excluding carboxylic acids is 1. The molecule has 1 amide bonds. The molecule has 0 aliphatic heterocycles. The zero-order chi connectivity index (χ0) is 17.7. The van der Waals surface area contributed by atoms with Gasteiger partial charge in [0.15, 0.2) is 0 Å². The first kappa shape index (κ1) is 18.7. The third-order valence-electron chi connectivity index (χ3n) is 3.26. The number of benzene rings is 2. The van der Waals surface area contributed by atoms with E-state index < -0.39 is 11.7 Å². The summed E-state index contributed by atoms with van der Waals surface area (Å²) in [5.41, 5.74) is 0.139. The molecule has 0 spiro atoms. The quantitative estimate of drug-likeness (QED) is 0.718. The molecule has 0 saturated carbocycles. The highest BCUT2D eigenvalue weighted by molar-refractivity contribution is 8.00. The van der Waals surface area contributed by atoms with E-state index in [0.717, 1.165) is 29.5 Å².